The number of hydrogen-bond donors (Lipinski definition) is 2. The molecule has 1 aromatic carbocycles. The molecule has 1 aromatic rings. The number of hydrogen-bond acceptors (Lipinski definition) is 4. The predicted octanol–water partition coefficient (Wildman–Crippen LogP) is 3.02. The third-order valence-corrected chi connectivity index (χ3v) is 2.19. The van der Waals surface area contributed by atoms with Gasteiger partial charge in [-0.25, -0.2) is 4.79 Å². The van der Waals surface area contributed by atoms with E-state index in [2.05, 4.69) is 5.32 Å². The zero-order valence-electron chi connectivity index (χ0n) is 11.3. The minimum atomic E-state index is -0.561. The van der Waals surface area contributed by atoms with Crippen molar-refractivity contribution in [2.75, 3.05) is 18.5 Å². The SMILES string of the molecule is CC(C)(C)OC(=O)Nc1ccc(Cl)cc1OCCN. The average molecular weight is 287 g/mol. The summed E-state index contributed by atoms with van der Waals surface area (Å²) >= 11 is 5.88. The Bertz CT molecular complexity index is 444. The topological polar surface area (TPSA) is 73.6 Å². The van der Waals surface area contributed by atoms with Crippen LogP contribution >= 0.6 is 11.6 Å². The van der Waals surface area contributed by atoms with Crippen LogP contribution in [0.3, 0.4) is 0 Å². The first-order valence-corrected chi connectivity index (χ1v) is 6.32. The van der Waals surface area contributed by atoms with Crippen LogP contribution in [-0.4, -0.2) is 24.8 Å². The largest absolute Gasteiger partial charge is 0.490 e. The lowest BCUT2D eigenvalue weighted by Gasteiger charge is -2.20. The highest BCUT2D eigenvalue weighted by Gasteiger charge is 2.17. The van der Waals surface area contributed by atoms with Gasteiger partial charge in [0.15, 0.2) is 0 Å². The Hall–Kier alpha value is -1.46. The molecule has 6 heteroatoms. The van der Waals surface area contributed by atoms with Crippen LogP contribution in [-0.2, 0) is 4.74 Å². The van der Waals surface area contributed by atoms with Crippen LogP contribution in [0.15, 0.2) is 18.2 Å². The van der Waals surface area contributed by atoms with Gasteiger partial charge in [0.25, 0.3) is 0 Å². The Balaban J connectivity index is 2.79. The molecule has 0 saturated heterocycles. The fourth-order valence-electron chi connectivity index (χ4n) is 1.30. The van der Waals surface area contributed by atoms with Gasteiger partial charge in [-0.15, -0.1) is 0 Å². The first-order valence-electron chi connectivity index (χ1n) is 5.94. The maximum absolute atomic E-state index is 11.7. The van der Waals surface area contributed by atoms with E-state index in [1.807, 2.05) is 0 Å². The van der Waals surface area contributed by atoms with Crippen molar-refractivity contribution in [1.82, 2.24) is 0 Å². The molecule has 0 aliphatic heterocycles. The van der Waals surface area contributed by atoms with Gasteiger partial charge in [-0.2, -0.15) is 0 Å². The standard InChI is InChI=1S/C13H19ClN2O3/c1-13(2,3)19-12(17)16-10-5-4-9(14)8-11(10)18-7-6-15/h4-5,8H,6-7,15H2,1-3H3,(H,16,17). The minimum Gasteiger partial charge on any atom is -0.490 e. The number of carbonyl (C=O) groups excluding carboxylic acids is 1. The zero-order chi connectivity index (χ0) is 14.5. The maximum Gasteiger partial charge on any atom is 0.412 e. The van der Waals surface area contributed by atoms with Crippen LogP contribution in [0.25, 0.3) is 0 Å². The van der Waals surface area contributed by atoms with E-state index < -0.39 is 11.7 Å². The summed E-state index contributed by atoms with van der Waals surface area (Å²) in [5.74, 6) is 0.462. The Morgan fingerprint density at radius 3 is 2.68 bits per heavy atom. The van der Waals surface area contributed by atoms with E-state index in [-0.39, 0.29) is 0 Å². The maximum atomic E-state index is 11.7. The summed E-state index contributed by atoms with van der Waals surface area (Å²) in [5.41, 5.74) is 5.31. The van der Waals surface area contributed by atoms with Crippen molar-refractivity contribution < 1.29 is 14.3 Å². The van der Waals surface area contributed by atoms with Gasteiger partial charge in [-0.05, 0) is 32.9 Å². The number of ether oxygens (including phenoxy) is 2. The number of rotatable bonds is 4. The van der Waals surface area contributed by atoms with Crippen molar-refractivity contribution >= 4 is 23.4 Å². The zero-order valence-corrected chi connectivity index (χ0v) is 12.1. The summed E-state index contributed by atoms with van der Waals surface area (Å²) in [4.78, 5) is 11.7. The van der Waals surface area contributed by atoms with E-state index in [9.17, 15) is 4.79 Å². The lowest BCUT2D eigenvalue weighted by molar-refractivity contribution is 0.0635. The summed E-state index contributed by atoms with van der Waals surface area (Å²) in [6.07, 6.45) is -0.549. The Labute approximate surface area is 118 Å². The van der Waals surface area contributed by atoms with Crippen molar-refractivity contribution in [2.24, 2.45) is 5.73 Å². The molecule has 0 heterocycles. The van der Waals surface area contributed by atoms with Crippen molar-refractivity contribution in [3.05, 3.63) is 23.2 Å². The molecule has 1 amide bonds. The van der Waals surface area contributed by atoms with Crippen molar-refractivity contribution in [3.63, 3.8) is 0 Å². The predicted molar refractivity (Wildman–Crippen MR) is 75.9 cm³/mol. The molecule has 19 heavy (non-hydrogen) atoms. The fourth-order valence-corrected chi connectivity index (χ4v) is 1.46. The molecule has 0 aliphatic rings. The van der Waals surface area contributed by atoms with Crippen LogP contribution in [0.5, 0.6) is 5.75 Å². The summed E-state index contributed by atoms with van der Waals surface area (Å²) in [5, 5.41) is 3.13. The molecule has 0 aliphatic carbocycles. The second-order valence-corrected chi connectivity index (χ2v) is 5.34. The Kier molecular flexibility index (Phi) is 5.44. The van der Waals surface area contributed by atoms with Gasteiger partial charge in [0.05, 0.1) is 5.69 Å². The monoisotopic (exact) mass is 286 g/mol. The highest BCUT2D eigenvalue weighted by Crippen LogP contribution is 2.28. The molecule has 0 radical (unpaired) electrons. The number of halogens is 1. The molecule has 3 N–H and O–H groups in total. The summed E-state index contributed by atoms with van der Waals surface area (Å²) < 4.78 is 10.6. The molecule has 106 valence electrons. The molecule has 0 spiro atoms. The Morgan fingerprint density at radius 2 is 2.11 bits per heavy atom. The van der Waals surface area contributed by atoms with E-state index in [0.717, 1.165) is 0 Å². The minimum absolute atomic E-state index is 0.337. The first kappa shape index (κ1) is 15.6. The van der Waals surface area contributed by atoms with Crippen LogP contribution < -0.4 is 15.8 Å². The first-order chi connectivity index (χ1) is 8.81. The van der Waals surface area contributed by atoms with Gasteiger partial charge in [0, 0.05) is 17.6 Å². The van der Waals surface area contributed by atoms with Crippen LogP contribution in [0.4, 0.5) is 10.5 Å². The molecular weight excluding hydrogens is 268 g/mol. The average Bonchev–Trinajstić information content (AvgIpc) is 2.27. The van der Waals surface area contributed by atoms with Gasteiger partial charge >= 0.3 is 6.09 Å². The number of anilines is 1. The van der Waals surface area contributed by atoms with E-state index in [1.54, 1.807) is 39.0 Å². The Morgan fingerprint density at radius 1 is 1.42 bits per heavy atom. The van der Waals surface area contributed by atoms with Gasteiger partial charge in [-0.3, -0.25) is 5.32 Å². The number of amides is 1. The molecule has 1 rings (SSSR count). The second-order valence-electron chi connectivity index (χ2n) is 4.90. The molecule has 0 saturated carbocycles. The molecule has 0 aromatic heterocycles. The van der Waals surface area contributed by atoms with Crippen LogP contribution in [0.1, 0.15) is 20.8 Å². The highest BCUT2D eigenvalue weighted by molar-refractivity contribution is 6.30. The summed E-state index contributed by atoms with van der Waals surface area (Å²) in [6, 6.07) is 4.92. The third kappa shape index (κ3) is 5.81. The van der Waals surface area contributed by atoms with Gasteiger partial charge in [0.2, 0.25) is 0 Å². The molecular formula is C13H19ClN2O3. The smallest absolute Gasteiger partial charge is 0.412 e. The summed E-state index contributed by atoms with van der Waals surface area (Å²) in [6.45, 7) is 6.09. The van der Waals surface area contributed by atoms with E-state index in [0.29, 0.717) is 29.6 Å². The van der Waals surface area contributed by atoms with Crippen molar-refractivity contribution in [2.45, 2.75) is 26.4 Å². The van der Waals surface area contributed by atoms with Gasteiger partial charge < -0.3 is 15.2 Å². The molecule has 0 fully saturated rings. The summed E-state index contributed by atoms with van der Waals surface area (Å²) in [7, 11) is 0. The van der Waals surface area contributed by atoms with E-state index >= 15 is 0 Å². The van der Waals surface area contributed by atoms with Crippen LogP contribution in [0, 0.1) is 0 Å². The van der Waals surface area contributed by atoms with Gasteiger partial charge in [-0.1, -0.05) is 11.6 Å². The number of carbonyl (C=O) groups is 1. The second kappa shape index (κ2) is 6.63. The molecule has 0 bridgehead atoms. The molecule has 0 unspecified atom stereocenters. The van der Waals surface area contributed by atoms with Gasteiger partial charge in [0.1, 0.15) is 18.0 Å². The number of nitrogens with two attached hydrogens (primary N) is 1. The lowest BCUT2D eigenvalue weighted by Crippen LogP contribution is -2.27. The fraction of sp³-hybridized carbons (Fsp3) is 0.462. The van der Waals surface area contributed by atoms with E-state index in [1.165, 1.54) is 0 Å². The molecule has 5 nitrogen and oxygen atoms in total. The normalized spacial score (nSPS) is 11.0. The molecule has 0 atom stereocenters. The van der Waals surface area contributed by atoms with Crippen molar-refractivity contribution in [3.8, 4) is 5.75 Å². The van der Waals surface area contributed by atoms with Crippen LogP contribution in [0.2, 0.25) is 5.02 Å². The van der Waals surface area contributed by atoms with Crippen molar-refractivity contribution in [1.29, 1.82) is 0 Å². The highest BCUT2D eigenvalue weighted by atomic mass is 35.5. The van der Waals surface area contributed by atoms with E-state index in [4.69, 9.17) is 26.8 Å². The number of benzene rings is 1. The number of nitrogens with one attached hydrogen (secondary N) is 1. The quantitative estimate of drug-likeness (QED) is 0.892. The third-order valence-electron chi connectivity index (χ3n) is 1.95. The lowest BCUT2D eigenvalue weighted by atomic mass is 10.2.